The minimum Gasteiger partial charge on any atom is -0.497 e. The number of amides is 2. The Bertz CT molecular complexity index is 980. The van der Waals surface area contributed by atoms with Crippen molar-refractivity contribution in [2.24, 2.45) is 0 Å². The van der Waals surface area contributed by atoms with Crippen LogP contribution in [-0.4, -0.2) is 37.4 Å². The van der Waals surface area contributed by atoms with Crippen LogP contribution in [0.4, 0.5) is 5.69 Å². The molecule has 0 bridgehead atoms. The molecule has 0 aliphatic carbocycles. The lowest BCUT2D eigenvalue weighted by Crippen LogP contribution is -2.37. The monoisotopic (exact) mass is 420 g/mol. The van der Waals surface area contributed by atoms with Gasteiger partial charge in [-0.15, -0.1) is 11.8 Å². The molecule has 0 unspecified atom stereocenters. The fourth-order valence-electron chi connectivity index (χ4n) is 2.92. The zero-order valence-corrected chi connectivity index (χ0v) is 17.8. The van der Waals surface area contributed by atoms with Gasteiger partial charge in [0.15, 0.2) is 0 Å². The van der Waals surface area contributed by atoms with Gasteiger partial charge in [0.2, 0.25) is 11.8 Å². The first kappa shape index (κ1) is 21.5. The predicted molar refractivity (Wildman–Crippen MR) is 121 cm³/mol. The van der Waals surface area contributed by atoms with Crippen molar-refractivity contribution in [1.29, 1.82) is 0 Å². The second-order valence-electron chi connectivity index (χ2n) is 6.70. The highest BCUT2D eigenvalue weighted by Gasteiger charge is 2.26. The Labute approximate surface area is 181 Å². The second kappa shape index (κ2) is 10.5. The van der Waals surface area contributed by atoms with Gasteiger partial charge in [-0.3, -0.25) is 9.59 Å². The van der Waals surface area contributed by atoms with E-state index in [1.165, 1.54) is 16.7 Å². The SMILES string of the molecule is COc1cccc(NC(=O)CN(C)C(=O)[C@H](Sc2ccccc2)c2ccccc2)c1. The number of ether oxygens (including phenoxy) is 1. The number of thioether (sulfide) groups is 1. The van der Waals surface area contributed by atoms with Crippen molar-refractivity contribution in [3.05, 3.63) is 90.5 Å². The molecule has 3 aromatic carbocycles. The molecular weight excluding hydrogens is 396 g/mol. The molecule has 1 N–H and O–H groups in total. The van der Waals surface area contributed by atoms with Crippen molar-refractivity contribution in [2.75, 3.05) is 26.0 Å². The Morgan fingerprint density at radius 2 is 1.63 bits per heavy atom. The molecular formula is C24H24N2O3S. The highest BCUT2D eigenvalue weighted by Crippen LogP contribution is 2.36. The van der Waals surface area contributed by atoms with E-state index in [-0.39, 0.29) is 18.4 Å². The third-order valence-electron chi connectivity index (χ3n) is 4.43. The molecule has 0 saturated heterocycles. The molecule has 3 aromatic rings. The zero-order valence-electron chi connectivity index (χ0n) is 16.9. The van der Waals surface area contributed by atoms with Crippen LogP contribution >= 0.6 is 11.8 Å². The van der Waals surface area contributed by atoms with Crippen molar-refractivity contribution in [3.8, 4) is 5.75 Å². The van der Waals surface area contributed by atoms with E-state index in [0.29, 0.717) is 11.4 Å². The van der Waals surface area contributed by atoms with Gasteiger partial charge < -0.3 is 15.0 Å². The molecule has 0 radical (unpaired) electrons. The fourth-order valence-corrected chi connectivity index (χ4v) is 4.08. The van der Waals surface area contributed by atoms with Gasteiger partial charge in [-0.1, -0.05) is 54.6 Å². The van der Waals surface area contributed by atoms with Gasteiger partial charge in [0, 0.05) is 23.7 Å². The smallest absolute Gasteiger partial charge is 0.243 e. The van der Waals surface area contributed by atoms with Crippen molar-refractivity contribution in [1.82, 2.24) is 4.90 Å². The Balaban J connectivity index is 1.70. The molecule has 0 heterocycles. The number of rotatable bonds is 8. The summed E-state index contributed by atoms with van der Waals surface area (Å²) in [5.41, 5.74) is 1.52. The maximum absolute atomic E-state index is 13.2. The maximum atomic E-state index is 13.2. The first-order valence-electron chi connectivity index (χ1n) is 9.52. The van der Waals surface area contributed by atoms with Gasteiger partial charge in [-0.2, -0.15) is 0 Å². The molecule has 2 amide bonds. The van der Waals surface area contributed by atoms with Crippen LogP contribution in [0, 0.1) is 0 Å². The van der Waals surface area contributed by atoms with Crippen LogP contribution < -0.4 is 10.1 Å². The number of methoxy groups -OCH3 is 1. The number of carbonyl (C=O) groups excluding carboxylic acids is 2. The van der Waals surface area contributed by atoms with Crippen LogP contribution in [0.15, 0.2) is 89.8 Å². The Kier molecular flexibility index (Phi) is 7.51. The van der Waals surface area contributed by atoms with E-state index in [9.17, 15) is 9.59 Å². The molecule has 154 valence electrons. The fraction of sp³-hybridized carbons (Fsp3) is 0.167. The zero-order chi connectivity index (χ0) is 21.3. The highest BCUT2D eigenvalue weighted by atomic mass is 32.2. The summed E-state index contributed by atoms with van der Waals surface area (Å²) in [5.74, 6) is 0.257. The summed E-state index contributed by atoms with van der Waals surface area (Å²) >= 11 is 1.47. The Morgan fingerprint density at radius 3 is 2.30 bits per heavy atom. The van der Waals surface area contributed by atoms with Gasteiger partial charge >= 0.3 is 0 Å². The number of likely N-dealkylation sites (N-methyl/N-ethyl adjacent to an activating group) is 1. The summed E-state index contributed by atoms with van der Waals surface area (Å²) in [6.07, 6.45) is 0. The molecule has 0 aromatic heterocycles. The lowest BCUT2D eigenvalue weighted by atomic mass is 10.1. The third-order valence-corrected chi connectivity index (χ3v) is 5.69. The van der Waals surface area contributed by atoms with E-state index in [2.05, 4.69) is 5.32 Å². The van der Waals surface area contributed by atoms with E-state index in [4.69, 9.17) is 4.74 Å². The molecule has 0 aliphatic rings. The number of nitrogens with zero attached hydrogens (tertiary/aromatic N) is 1. The van der Waals surface area contributed by atoms with Crippen LogP contribution in [0.2, 0.25) is 0 Å². The van der Waals surface area contributed by atoms with Gasteiger partial charge in [0.1, 0.15) is 11.0 Å². The lowest BCUT2D eigenvalue weighted by Gasteiger charge is -2.23. The largest absolute Gasteiger partial charge is 0.497 e. The summed E-state index contributed by atoms with van der Waals surface area (Å²) in [4.78, 5) is 28.2. The molecule has 30 heavy (non-hydrogen) atoms. The standard InChI is InChI=1S/C24H24N2O3S/c1-26(17-22(27)25-19-12-9-13-20(16-19)29-2)24(28)23(18-10-5-3-6-11-18)30-21-14-7-4-8-15-21/h3-16,23H,17H2,1-2H3,(H,25,27)/t23-/m1/s1. The van der Waals surface area contributed by atoms with Crippen molar-refractivity contribution < 1.29 is 14.3 Å². The maximum Gasteiger partial charge on any atom is 0.243 e. The van der Waals surface area contributed by atoms with Crippen LogP contribution in [0.5, 0.6) is 5.75 Å². The summed E-state index contributed by atoms with van der Waals surface area (Å²) in [7, 11) is 3.22. The lowest BCUT2D eigenvalue weighted by molar-refractivity contribution is -0.132. The average Bonchev–Trinajstić information content (AvgIpc) is 2.78. The number of benzene rings is 3. The summed E-state index contributed by atoms with van der Waals surface area (Å²) in [6, 6.07) is 26.5. The number of carbonyl (C=O) groups is 2. The minimum atomic E-state index is -0.441. The van der Waals surface area contributed by atoms with E-state index in [1.807, 2.05) is 60.7 Å². The van der Waals surface area contributed by atoms with E-state index in [0.717, 1.165) is 10.5 Å². The predicted octanol–water partition coefficient (Wildman–Crippen LogP) is 4.63. The Morgan fingerprint density at radius 1 is 0.967 bits per heavy atom. The van der Waals surface area contributed by atoms with Gasteiger partial charge in [-0.25, -0.2) is 0 Å². The summed E-state index contributed by atoms with van der Waals surface area (Å²) in [6.45, 7) is -0.0469. The van der Waals surface area contributed by atoms with Crippen molar-refractivity contribution in [3.63, 3.8) is 0 Å². The Hall–Kier alpha value is -3.25. The average molecular weight is 421 g/mol. The summed E-state index contributed by atoms with van der Waals surface area (Å²) < 4.78 is 5.17. The van der Waals surface area contributed by atoms with Crippen LogP contribution in [0.25, 0.3) is 0 Å². The third kappa shape index (κ3) is 5.87. The van der Waals surface area contributed by atoms with Crippen LogP contribution in [0.3, 0.4) is 0 Å². The van der Waals surface area contributed by atoms with Crippen molar-refractivity contribution >= 4 is 29.3 Å². The molecule has 6 heteroatoms. The second-order valence-corrected chi connectivity index (χ2v) is 7.87. The topological polar surface area (TPSA) is 58.6 Å². The van der Waals surface area contributed by atoms with E-state index in [1.54, 1.807) is 38.4 Å². The van der Waals surface area contributed by atoms with E-state index < -0.39 is 5.25 Å². The molecule has 5 nitrogen and oxygen atoms in total. The normalized spacial score (nSPS) is 11.4. The molecule has 3 rings (SSSR count). The molecule has 1 atom stereocenters. The van der Waals surface area contributed by atoms with Gasteiger partial charge in [0.05, 0.1) is 13.7 Å². The first-order valence-corrected chi connectivity index (χ1v) is 10.4. The number of anilines is 1. The number of hydrogen-bond acceptors (Lipinski definition) is 4. The van der Waals surface area contributed by atoms with Crippen LogP contribution in [-0.2, 0) is 9.59 Å². The highest BCUT2D eigenvalue weighted by molar-refractivity contribution is 8.00. The quantitative estimate of drug-likeness (QED) is 0.540. The van der Waals surface area contributed by atoms with Gasteiger partial charge in [-0.05, 0) is 29.8 Å². The summed E-state index contributed by atoms with van der Waals surface area (Å²) in [5, 5.41) is 2.37. The minimum absolute atomic E-state index is 0.0469. The molecule has 0 fully saturated rings. The molecule has 0 aliphatic heterocycles. The van der Waals surface area contributed by atoms with Crippen LogP contribution in [0.1, 0.15) is 10.8 Å². The first-order chi connectivity index (χ1) is 14.6. The number of hydrogen-bond donors (Lipinski definition) is 1. The molecule has 0 saturated carbocycles. The van der Waals surface area contributed by atoms with E-state index >= 15 is 0 Å². The molecule has 0 spiro atoms. The number of nitrogens with one attached hydrogen (secondary N) is 1. The van der Waals surface area contributed by atoms with Crippen molar-refractivity contribution in [2.45, 2.75) is 10.1 Å². The van der Waals surface area contributed by atoms with Gasteiger partial charge in [0.25, 0.3) is 0 Å².